The van der Waals surface area contributed by atoms with Gasteiger partial charge < -0.3 is 10.6 Å². The summed E-state index contributed by atoms with van der Waals surface area (Å²) in [5, 5.41) is 5.58. The summed E-state index contributed by atoms with van der Waals surface area (Å²) in [7, 11) is 0. The van der Waals surface area contributed by atoms with Gasteiger partial charge in [-0.1, -0.05) is 39.7 Å². The average Bonchev–Trinajstić information content (AvgIpc) is 2.53. The second kappa shape index (κ2) is 7.18. The van der Waals surface area contributed by atoms with Crippen molar-refractivity contribution in [3.05, 3.63) is 58.1 Å². The molecule has 0 aliphatic heterocycles. The van der Waals surface area contributed by atoms with Crippen LogP contribution in [0, 0.1) is 19.3 Å². The first-order valence-corrected chi connectivity index (χ1v) is 8.45. The van der Waals surface area contributed by atoms with E-state index in [0.717, 1.165) is 15.6 Å². The molecule has 0 saturated carbocycles. The summed E-state index contributed by atoms with van der Waals surface area (Å²) in [6.07, 6.45) is 0. The van der Waals surface area contributed by atoms with Crippen LogP contribution in [0.5, 0.6) is 0 Å². The molecule has 126 valence electrons. The molecule has 2 amide bonds. The average molecular weight is 389 g/mol. The third kappa shape index (κ3) is 4.23. The molecule has 4 nitrogen and oxygen atoms in total. The van der Waals surface area contributed by atoms with Gasteiger partial charge in [0.2, 0.25) is 11.8 Å². The Kier molecular flexibility index (Phi) is 5.44. The minimum atomic E-state index is -1.21. The first kappa shape index (κ1) is 18.2. The van der Waals surface area contributed by atoms with Gasteiger partial charge in [0.15, 0.2) is 0 Å². The maximum absolute atomic E-state index is 12.5. The lowest BCUT2D eigenvalue weighted by molar-refractivity contribution is -0.135. The van der Waals surface area contributed by atoms with Gasteiger partial charge in [0.05, 0.1) is 0 Å². The third-order valence-corrected chi connectivity index (χ3v) is 4.73. The molecule has 5 heteroatoms. The molecule has 2 aromatic carbocycles. The second-order valence-corrected chi connectivity index (χ2v) is 7.22. The van der Waals surface area contributed by atoms with Gasteiger partial charge in [-0.3, -0.25) is 9.59 Å². The standard InChI is InChI=1S/C19H21BrN2O2/c1-12-5-8-14(9-6-12)21-17(23)19(3,4)18(24)22-15-10-7-13(2)16(20)11-15/h5-11H,1-4H3,(H,21,23)(H,22,24). The highest BCUT2D eigenvalue weighted by atomic mass is 79.9. The van der Waals surface area contributed by atoms with Crippen LogP contribution >= 0.6 is 15.9 Å². The molecule has 0 heterocycles. The Balaban J connectivity index is 2.09. The number of carbonyl (C=O) groups is 2. The van der Waals surface area contributed by atoms with Crippen LogP contribution < -0.4 is 10.6 Å². The molecule has 0 saturated heterocycles. The number of hydrogen-bond donors (Lipinski definition) is 2. The number of benzene rings is 2. The number of carbonyl (C=O) groups excluding carboxylic acids is 2. The quantitative estimate of drug-likeness (QED) is 0.747. The predicted molar refractivity (Wildman–Crippen MR) is 101 cm³/mol. The highest BCUT2D eigenvalue weighted by Crippen LogP contribution is 2.24. The van der Waals surface area contributed by atoms with Gasteiger partial charge >= 0.3 is 0 Å². The van der Waals surface area contributed by atoms with Crippen molar-refractivity contribution in [2.75, 3.05) is 10.6 Å². The molecule has 0 aliphatic rings. The van der Waals surface area contributed by atoms with E-state index in [-0.39, 0.29) is 11.8 Å². The Bertz CT molecular complexity index is 767. The van der Waals surface area contributed by atoms with E-state index < -0.39 is 5.41 Å². The van der Waals surface area contributed by atoms with E-state index in [4.69, 9.17) is 0 Å². The lowest BCUT2D eigenvalue weighted by atomic mass is 9.90. The van der Waals surface area contributed by atoms with Gasteiger partial charge in [-0.15, -0.1) is 0 Å². The fourth-order valence-corrected chi connectivity index (χ4v) is 2.36. The molecule has 0 unspecified atom stereocenters. The fourth-order valence-electron chi connectivity index (χ4n) is 1.99. The van der Waals surface area contributed by atoms with Crippen molar-refractivity contribution in [2.24, 2.45) is 5.41 Å². The van der Waals surface area contributed by atoms with Gasteiger partial charge in [-0.2, -0.15) is 0 Å². The van der Waals surface area contributed by atoms with Gasteiger partial charge in [0, 0.05) is 15.8 Å². The molecule has 24 heavy (non-hydrogen) atoms. The molecule has 2 N–H and O–H groups in total. The van der Waals surface area contributed by atoms with Crippen LogP contribution in [-0.2, 0) is 9.59 Å². The highest BCUT2D eigenvalue weighted by molar-refractivity contribution is 9.10. The van der Waals surface area contributed by atoms with Crippen molar-refractivity contribution in [3.63, 3.8) is 0 Å². The minimum Gasteiger partial charge on any atom is -0.325 e. The predicted octanol–water partition coefficient (Wildman–Crippen LogP) is 4.67. The molecule has 0 aromatic heterocycles. The monoisotopic (exact) mass is 388 g/mol. The van der Waals surface area contributed by atoms with Crippen molar-refractivity contribution in [2.45, 2.75) is 27.7 Å². The van der Waals surface area contributed by atoms with Crippen LogP contribution in [-0.4, -0.2) is 11.8 Å². The molecule has 0 spiro atoms. The van der Waals surface area contributed by atoms with Crippen LogP contribution in [0.15, 0.2) is 46.9 Å². The van der Waals surface area contributed by atoms with Crippen molar-refractivity contribution in [3.8, 4) is 0 Å². The Morgan fingerprint density at radius 3 is 1.92 bits per heavy atom. The first-order chi connectivity index (χ1) is 11.2. The van der Waals surface area contributed by atoms with Gasteiger partial charge in [-0.05, 0) is 57.5 Å². The highest BCUT2D eigenvalue weighted by Gasteiger charge is 2.36. The normalized spacial score (nSPS) is 11.0. The molecule has 0 atom stereocenters. The van der Waals surface area contributed by atoms with E-state index in [1.54, 1.807) is 13.8 Å². The summed E-state index contributed by atoms with van der Waals surface area (Å²) in [5.74, 6) is -0.710. The maximum atomic E-state index is 12.5. The van der Waals surface area contributed by atoms with E-state index in [1.807, 2.05) is 56.3 Å². The van der Waals surface area contributed by atoms with Crippen LogP contribution in [0.3, 0.4) is 0 Å². The van der Waals surface area contributed by atoms with Crippen molar-refractivity contribution < 1.29 is 9.59 Å². The topological polar surface area (TPSA) is 58.2 Å². The zero-order valence-electron chi connectivity index (χ0n) is 14.2. The molecule has 0 fully saturated rings. The summed E-state index contributed by atoms with van der Waals surface area (Å²) in [6.45, 7) is 7.15. The Labute approximate surface area is 150 Å². The molecule has 0 radical (unpaired) electrons. The van der Waals surface area contributed by atoms with E-state index >= 15 is 0 Å². The first-order valence-electron chi connectivity index (χ1n) is 7.66. The third-order valence-electron chi connectivity index (χ3n) is 3.87. The Hall–Kier alpha value is -2.14. The summed E-state index contributed by atoms with van der Waals surface area (Å²) in [4.78, 5) is 25.0. The van der Waals surface area contributed by atoms with E-state index in [1.165, 1.54) is 0 Å². The van der Waals surface area contributed by atoms with Crippen LogP contribution in [0.1, 0.15) is 25.0 Å². The lowest BCUT2D eigenvalue weighted by Gasteiger charge is -2.23. The smallest absolute Gasteiger partial charge is 0.239 e. The van der Waals surface area contributed by atoms with Crippen molar-refractivity contribution in [1.82, 2.24) is 0 Å². The molecular weight excluding hydrogens is 368 g/mol. The minimum absolute atomic E-state index is 0.352. The van der Waals surface area contributed by atoms with Gasteiger partial charge in [-0.25, -0.2) is 0 Å². The van der Waals surface area contributed by atoms with Crippen molar-refractivity contribution in [1.29, 1.82) is 0 Å². The summed E-state index contributed by atoms with van der Waals surface area (Å²) in [6, 6.07) is 13.0. The largest absolute Gasteiger partial charge is 0.325 e. The van der Waals surface area contributed by atoms with E-state index in [2.05, 4.69) is 26.6 Å². The summed E-state index contributed by atoms with van der Waals surface area (Å²) in [5.41, 5.74) is 2.29. The molecular formula is C19H21BrN2O2. The van der Waals surface area contributed by atoms with Crippen molar-refractivity contribution >= 4 is 39.1 Å². The summed E-state index contributed by atoms with van der Waals surface area (Å²) >= 11 is 3.43. The zero-order chi connectivity index (χ0) is 17.9. The Morgan fingerprint density at radius 1 is 0.875 bits per heavy atom. The van der Waals surface area contributed by atoms with E-state index in [9.17, 15) is 9.59 Å². The van der Waals surface area contributed by atoms with E-state index in [0.29, 0.717) is 11.4 Å². The van der Waals surface area contributed by atoms with Crippen LogP contribution in [0.25, 0.3) is 0 Å². The fraction of sp³-hybridized carbons (Fsp3) is 0.263. The number of rotatable bonds is 4. The number of aryl methyl sites for hydroxylation is 2. The lowest BCUT2D eigenvalue weighted by Crippen LogP contribution is -2.41. The van der Waals surface area contributed by atoms with Crippen LogP contribution in [0.4, 0.5) is 11.4 Å². The Morgan fingerprint density at radius 2 is 1.38 bits per heavy atom. The summed E-state index contributed by atoms with van der Waals surface area (Å²) < 4.78 is 0.905. The van der Waals surface area contributed by atoms with Gasteiger partial charge in [0.1, 0.15) is 5.41 Å². The SMILES string of the molecule is Cc1ccc(NC(=O)C(C)(C)C(=O)Nc2ccc(C)c(Br)c2)cc1. The second-order valence-electron chi connectivity index (χ2n) is 6.36. The van der Waals surface area contributed by atoms with Crippen LogP contribution in [0.2, 0.25) is 0 Å². The molecule has 0 aliphatic carbocycles. The number of hydrogen-bond acceptors (Lipinski definition) is 2. The molecule has 2 rings (SSSR count). The number of anilines is 2. The molecule has 2 aromatic rings. The zero-order valence-corrected chi connectivity index (χ0v) is 15.8. The maximum Gasteiger partial charge on any atom is 0.239 e. The number of amides is 2. The number of halogens is 1. The number of nitrogens with one attached hydrogen (secondary N) is 2. The molecule has 0 bridgehead atoms. The van der Waals surface area contributed by atoms with Gasteiger partial charge in [0.25, 0.3) is 0 Å².